The molecule has 0 spiro atoms. The van der Waals surface area contributed by atoms with Crippen LogP contribution in [-0.4, -0.2) is 56.0 Å². The molecule has 29 heavy (non-hydrogen) atoms. The van der Waals surface area contributed by atoms with E-state index in [1.165, 1.54) is 0 Å². The Morgan fingerprint density at radius 3 is 2.38 bits per heavy atom. The summed E-state index contributed by atoms with van der Waals surface area (Å²) in [6.45, 7) is 2.14. The molecule has 152 valence electrons. The van der Waals surface area contributed by atoms with Crippen LogP contribution in [0.5, 0.6) is 5.75 Å². The lowest BCUT2D eigenvalue weighted by Gasteiger charge is -2.27. The van der Waals surface area contributed by atoms with Crippen molar-refractivity contribution in [2.45, 2.75) is 6.54 Å². The van der Waals surface area contributed by atoms with Gasteiger partial charge in [0.15, 0.2) is 0 Å². The van der Waals surface area contributed by atoms with Crippen molar-refractivity contribution in [3.8, 4) is 5.75 Å². The van der Waals surface area contributed by atoms with E-state index in [1.54, 1.807) is 60.5 Å². The van der Waals surface area contributed by atoms with Crippen molar-refractivity contribution in [3.05, 3.63) is 59.7 Å². The van der Waals surface area contributed by atoms with Gasteiger partial charge in [0.1, 0.15) is 5.75 Å². The summed E-state index contributed by atoms with van der Waals surface area (Å²) in [6.07, 6.45) is 0. The van der Waals surface area contributed by atoms with Gasteiger partial charge in [-0.2, -0.15) is 0 Å². The number of morpholine rings is 1. The molecule has 1 aliphatic rings. The molecule has 0 bridgehead atoms. The standard InChI is InChI=1S/C21H23N3O5/c1-28-16-8-6-15(7-9-16)14-22-19(25)20(26)23-18-5-3-2-4-17(18)21(27)24-10-12-29-13-11-24/h2-9H,10-14H2,1H3,(H,22,25)(H,23,26). The number of ether oxygens (including phenoxy) is 2. The third kappa shape index (κ3) is 5.32. The zero-order chi connectivity index (χ0) is 20.6. The molecule has 0 unspecified atom stereocenters. The highest BCUT2D eigenvalue weighted by molar-refractivity contribution is 6.40. The van der Waals surface area contributed by atoms with Gasteiger partial charge < -0.3 is 25.0 Å². The number of para-hydroxylation sites is 1. The Kier molecular flexibility index (Phi) is 6.80. The van der Waals surface area contributed by atoms with Crippen LogP contribution in [0.2, 0.25) is 0 Å². The maximum absolute atomic E-state index is 12.7. The fourth-order valence-electron chi connectivity index (χ4n) is 2.90. The fraction of sp³-hybridized carbons (Fsp3) is 0.286. The Bertz CT molecular complexity index is 876. The predicted molar refractivity (Wildman–Crippen MR) is 107 cm³/mol. The first-order valence-electron chi connectivity index (χ1n) is 9.26. The number of methoxy groups -OCH3 is 1. The van der Waals surface area contributed by atoms with Crippen molar-refractivity contribution in [2.75, 3.05) is 38.7 Å². The van der Waals surface area contributed by atoms with Crippen LogP contribution in [0.3, 0.4) is 0 Å². The van der Waals surface area contributed by atoms with Gasteiger partial charge in [0.05, 0.1) is 31.6 Å². The third-order valence-corrected chi connectivity index (χ3v) is 4.52. The van der Waals surface area contributed by atoms with Crippen molar-refractivity contribution >= 4 is 23.4 Å². The van der Waals surface area contributed by atoms with Crippen molar-refractivity contribution in [1.82, 2.24) is 10.2 Å². The molecule has 1 fully saturated rings. The second-order valence-corrected chi connectivity index (χ2v) is 6.44. The molecule has 8 nitrogen and oxygen atoms in total. The van der Waals surface area contributed by atoms with Crippen LogP contribution in [0.1, 0.15) is 15.9 Å². The van der Waals surface area contributed by atoms with Crippen LogP contribution < -0.4 is 15.4 Å². The molecule has 1 aliphatic heterocycles. The number of carbonyl (C=O) groups is 3. The molecule has 8 heteroatoms. The van der Waals surface area contributed by atoms with Crippen LogP contribution in [0.15, 0.2) is 48.5 Å². The minimum Gasteiger partial charge on any atom is -0.497 e. The molecular weight excluding hydrogens is 374 g/mol. The monoisotopic (exact) mass is 397 g/mol. The van der Waals surface area contributed by atoms with E-state index in [0.29, 0.717) is 43.3 Å². The largest absolute Gasteiger partial charge is 0.497 e. The fourth-order valence-corrected chi connectivity index (χ4v) is 2.90. The lowest BCUT2D eigenvalue weighted by atomic mass is 10.1. The van der Waals surface area contributed by atoms with Gasteiger partial charge in [0.2, 0.25) is 0 Å². The van der Waals surface area contributed by atoms with E-state index in [9.17, 15) is 14.4 Å². The van der Waals surface area contributed by atoms with Gasteiger partial charge >= 0.3 is 11.8 Å². The van der Waals surface area contributed by atoms with Crippen LogP contribution in [0.4, 0.5) is 5.69 Å². The summed E-state index contributed by atoms with van der Waals surface area (Å²) in [5.41, 5.74) is 1.47. The van der Waals surface area contributed by atoms with Gasteiger partial charge in [-0.15, -0.1) is 0 Å². The number of nitrogens with one attached hydrogen (secondary N) is 2. The second-order valence-electron chi connectivity index (χ2n) is 6.44. The zero-order valence-electron chi connectivity index (χ0n) is 16.1. The number of amides is 3. The number of hydrogen-bond donors (Lipinski definition) is 2. The molecule has 1 heterocycles. The second kappa shape index (κ2) is 9.70. The van der Waals surface area contributed by atoms with E-state index in [2.05, 4.69) is 10.6 Å². The van der Waals surface area contributed by atoms with Crippen LogP contribution in [0, 0.1) is 0 Å². The van der Waals surface area contributed by atoms with E-state index in [1.807, 2.05) is 0 Å². The van der Waals surface area contributed by atoms with E-state index >= 15 is 0 Å². The summed E-state index contributed by atoms with van der Waals surface area (Å²) in [5, 5.41) is 5.10. The number of anilines is 1. The summed E-state index contributed by atoms with van der Waals surface area (Å²) in [5.74, 6) is -1.11. The average molecular weight is 397 g/mol. The summed E-state index contributed by atoms with van der Waals surface area (Å²) >= 11 is 0. The normalized spacial score (nSPS) is 13.5. The number of benzene rings is 2. The van der Waals surface area contributed by atoms with Gasteiger partial charge in [-0.05, 0) is 29.8 Å². The summed E-state index contributed by atoms with van der Waals surface area (Å²) in [4.78, 5) is 38.9. The molecular formula is C21H23N3O5. The van der Waals surface area contributed by atoms with E-state index in [4.69, 9.17) is 9.47 Å². The molecule has 0 radical (unpaired) electrons. The van der Waals surface area contributed by atoms with Gasteiger partial charge in [0.25, 0.3) is 5.91 Å². The molecule has 2 aromatic rings. The molecule has 0 aliphatic carbocycles. The Morgan fingerprint density at radius 1 is 1.00 bits per heavy atom. The third-order valence-electron chi connectivity index (χ3n) is 4.52. The van der Waals surface area contributed by atoms with E-state index in [-0.39, 0.29) is 12.5 Å². The number of carbonyl (C=O) groups excluding carboxylic acids is 3. The SMILES string of the molecule is COc1ccc(CNC(=O)C(=O)Nc2ccccc2C(=O)N2CCOCC2)cc1. The minimum absolute atomic E-state index is 0.199. The Labute approximate surface area is 168 Å². The molecule has 0 aromatic heterocycles. The molecule has 3 amide bonds. The first-order valence-corrected chi connectivity index (χ1v) is 9.26. The number of rotatable bonds is 5. The Morgan fingerprint density at radius 2 is 1.69 bits per heavy atom. The molecule has 2 aromatic carbocycles. The van der Waals surface area contributed by atoms with Crippen molar-refractivity contribution < 1.29 is 23.9 Å². The summed E-state index contributed by atoms with van der Waals surface area (Å²) < 4.78 is 10.3. The highest BCUT2D eigenvalue weighted by atomic mass is 16.5. The van der Waals surface area contributed by atoms with Gasteiger partial charge in [-0.1, -0.05) is 24.3 Å². The van der Waals surface area contributed by atoms with E-state index < -0.39 is 11.8 Å². The van der Waals surface area contributed by atoms with Crippen molar-refractivity contribution in [1.29, 1.82) is 0 Å². The Balaban J connectivity index is 1.60. The van der Waals surface area contributed by atoms with Crippen molar-refractivity contribution in [3.63, 3.8) is 0 Å². The van der Waals surface area contributed by atoms with Gasteiger partial charge in [-0.25, -0.2) is 0 Å². The highest BCUT2D eigenvalue weighted by Crippen LogP contribution is 2.18. The molecule has 1 saturated heterocycles. The van der Waals surface area contributed by atoms with Crippen LogP contribution in [-0.2, 0) is 20.9 Å². The van der Waals surface area contributed by atoms with E-state index in [0.717, 1.165) is 5.56 Å². The number of hydrogen-bond acceptors (Lipinski definition) is 5. The first-order chi connectivity index (χ1) is 14.1. The zero-order valence-corrected chi connectivity index (χ0v) is 16.1. The van der Waals surface area contributed by atoms with Crippen LogP contribution in [0.25, 0.3) is 0 Å². The summed E-state index contributed by atoms with van der Waals surface area (Å²) in [7, 11) is 1.57. The molecule has 0 saturated carbocycles. The number of nitrogens with zero attached hydrogens (tertiary/aromatic N) is 1. The molecule has 2 N–H and O–H groups in total. The maximum atomic E-state index is 12.7. The summed E-state index contributed by atoms with van der Waals surface area (Å²) in [6, 6.07) is 13.8. The Hall–Kier alpha value is -3.39. The molecule has 3 rings (SSSR count). The highest BCUT2D eigenvalue weighted by Gasteiger charge is 2.22. The smallest absolute Gasteiger partial charge is 0.313 e. The molecule has 0 atom stereocenters. The minimum atomic E-state index is -0.833. The van der Waals surface area contributed by atoms with Gasteiger partial charge in [0, 0.05) is 19.6 Å². The topological polar surface area (TPSA) is 97.0 Å². The van der Waals surface area contributed by atoms with Gasteiger partial charge in [-0.3, -0.25) is 14.4 Å². The maximum Gasteiger partial charge on any atom is 0.313 e. The lowest BCUT2D eigenvalue weighted by Crippen LogP contribution is -2.41. The predicted octanol–water partition coefficient (Wildman–Crippen LogP) is 1.42. The van der Waals surface area contributed by atoms with Crippen LogP contribution >= 0.6 is 0 Å². The quantitative estimate of drug-likeness (QED) is 0.744. The lowest BCUT2D eigenvalue weighted by molar-refractivity contribution is -0.136. The average Bonchev–Trinajstić information content (AvgIpc) is 2.78. The first kappa shape index (κ1) is 20.3. The van der Waals surface area contributed by atoms with Crippen molar-refractivity contribution in [2.24, 2.45) is 0 Å².